The Labute approximate surface area is 244 Å². The fourth-order valence-electron chi connectivity index (χ4n) is 4.69. The fourth-order valence-corrected chi connectivity index (χ4v) is 6.74. The van der Waals surface area contributed by atoms with Gasteiger partial charge in [0.2, 0.25) is 0 Å². The van der Waals surface area contributed by atoms with Crippen molar-refractivity contribution in [3.05, 3.63) is 12.2 Å². The molecular formula is C30H61NO8P+. The predicted molar refractivity (Wildman–Crippen MR) is 161 cm³/mol. The average molecular weight is 595 g/mol. The first-order valence-corrected chi connectivity index (χ1v) is 17.2. The van der Waals surface area contributed by atoms with Gasteiger partial charge in [-0.2, -0.15) is 0 Å². The highest BCUT2D eigenvalue weighted by atomic mass is 31.2. The van der Waals surface area contributed by atoms with Crippen LogP contribution in [0.25, 0.3) is 0 Å². The van der Waals surface area contributed by atoms with Gasteiger partial charge in [0.15, 0.2) is 12.1 Å². The van der Waals surface area contributed by atoms with Crippen molar-refractivity contribution in [1.82, 2.24) is 0 Å². The van der Waals surface area contributed by atoms with Crippen molar-refractivity contribution in [2.75, 3.05) is 33.9 Å². The summed E-state index contributed by atoms with van der Waals surface area (Å²) in [5.74, 6) is -1.20. The normalized spacial score (nSPS) is 15.4. The molecule has 0 aliphatic heterocycles. The van der Waals surface area contributed by atoms with Crippen LogP contribution >= 0.6 is 7.60 Å². The van der Waals surface area contributed by atoms with Crippen molar-refractivity contribution >= 4 is 13.6 Å². The quantitative estimate of drug-likeness (QED) is 0.0226. The Bertz CT molecular complexity index is 701. The fraction of sp³-hybridized carbons (Fsp3) is 0.900. The molecule has 4 N–H and O–H groups in total. The van der Waals surface area contributed by atoms with E-state index >= 15 is 0 Å². The molecule has 0 heterocycles. The number of aliphatic hydroxyl groups is 3. The topological polar surface area (TPSA) is 134 Å². The van der Waals surface area contributed by atoms with E-state index in [1.165, 1.54) is 57.8 Å². The molecule has 0 radical (unpaired) electrons. The number of ether oxygens (including phenoxy) is 1. The number of unbranched alkanes of at least 4 members (excludes halogenated alkanes) is 11. The molecule has 10 heteroatoms. The van der Waals surface area contributed by atoms with E-state index in [9.17, 15) is 29.6 Å². The Kier molecular flexibility index (Phi) is 23.3. The molecule has 0 aromatic carbocycles. The van der Waals surface area contributed by atoms with Gasteiger partial charge in [-0.3, -0.25) is 9.36 Å². The van der Waals surface area contributed by atoms with Crippen LogP contribution in [0.2, 0.25) is 0 Å². The molecule has 238 valence electrons. The molecule has 0 saturated carbocycles. The number of rotatable bonds is 27. The maximum Gasteiger partial charge on any atom is 0.385 e. The van der Waals surface area contributed by atoms with Gasteiger partial charge in [0.25, 0.3) is 0 Å². The second kappa shape index (κ2) is 23.7. The molecule has 0 spiro atoms. The number of carbonyl (C=O) groups is 1. The van der Waals surface area contributed by atoms with Crippen molar-refractivity contribution in [3.63, 3.8) is 0 Å². The van der Waals surface area contributed by atoms with Crippen molar-refractivity contribution in [1.29, 1.82) is 0 Å². The molecule has 40 heavy (non-hydrogen) atoms. The van der Waals surface area contributed by atoms with E-state index in [2.05, 4.69) is 19.1 Å². The molecule has 0 amide bonds. The van der Waals surface area contributed by atoms with Gasteiger partial charge in [-0.05, 0) is 38.5 Å². The monoisotopic (exact) mass is 594 g/mol. The van der Waals surface area contributed by atoms with Gasteiger partial charge >= 0.3 is 13.6 Å². The van der Waals surface area contributed by atoms with E-state index in [0.717, 1.165) is 19.3 Å². The Hall–Kier alpha value is -0.800. The molecule has 0 saturated heterocycles. The highest BCUT2D eigenvalue weighted by Crippen LogP contribution is 2.52. The van der Waals surface area contributed by atoms with Gasteiger partial charge in [0.05, 0.1) is 27.2 Å². The number of aliphatic hydroxyl groups excluding tert-OH is 2. The standard InChI is InChI=1S/C30H60NO8P/c1-5-7-8-9-10-11-12-13-14-15-16-17-18-19-20-22-30(35)38-25-27(32)26-39-40(36,37)28(21-6-2)31(3,4)24-23-29(33)34/h16-17,27-29,32-34H,5-15,18-26H2,1-4H3/p+1/b17-16-/t27-,28?/m1/s1. The molecule has 0 aromatic heterocycles. The summed E-state index contributed by atoms with van der Waals surface area (Å²) in [6, 6.07) is 0. The third-order valence-electron chi connectivity index (χ3n) is 7.23. The molecule has 0 aliphatic rings. The second-order valence-electron chi connectivity index (χ2n) is 11.6. The van der Waals surface area contributed by atoms with E-state index in [-0.39, 0.29) is 30.5 Å². The number of quaternary nitrogens is 1. The summed E-state index contributed by atoms with van der Waals surface area (Å²) in [4.78, 5) is 22.6. The zero-order valence-electron chi connectivity index (χ0n) is 25.8. The molecule has 0 aliphatic carbocycles. The van der Waals surface area contributed by atoms with E-state index in [4.69, 9.17) is 9.26 Å². The number of hydrogen-bond acceptors (Lipinski definition) is 7. The van der Waals surface area contributed by atoms with Crippen molar-refractivity contribution in [2.24, 2.45) is 0 Å². The summed E-state index contributed by atoms with van der Waals surface area (Å²) in [7, 11) is -0.672. The van der Waals surface area contributed by atoms with Gasteiger partial charge in [0.1, 0.15) is 12.7 Å². The van der Waals surface area contributed by atoms with Crippen molar-refractivity contribution in [3.8, 4) is 0 Å². The lowest BCUT2D eigenvalue weighted by Gasteiger charge is -2.39. The van der Waals surface area contributed by atoms with Crippen LogP contribution in [0.4, 0.5) is 0 Å². The zero-order valence-corrected chi connectivity index (χ0v) is 26.7. The number of esters is 1. The van der Waals surface area contributed by atoms with E-state index in [1.54, 1.807) is 14.1 Å². The number of carbonyl (C=O) groups excluding carboxylic acids is 1. The number of allylic oxidation sites excluding steroid dienone is 2. The highest BCUT2D eigenvalue weighted by Gasteiger charge is 2.44. The summed E-state index contributed by atoms with van der Waals surface area (Å²) < 4.78 is 23.4. The first-order valence-electron chi connectivity index (χ1n) is 15.6. The molecular weight excluding hydrogens is 533 g/mol. The average Bonchev–Trinajstić information content (AvgIpc) is 2.90. The highest BCUT2D eigenvalue weighted by molar-refractivity contribution is 7.53. The maximum atomic E-state index is 13.0. The van der Waals surface area contributed by atoms with Crippen LogP contribution in [0.15, 0.2) is 12.2 Å². The first kappa shape index (κ1) is 39.2. The summed E-state index contributed by atoms with van der Waals surface area (Å²) in [5, 5.41) is 28.5. The lowest BCUT2D eigenvalue weighted by atomic mass is 10.1. The Balaban J connectivity index is 4.05. The largest absolute Gasteiger partial charge is 0.463 e. The molecule has 2 unspecified atom stereocenters. The lowest BCUT2D eigenvalue weighted by molar-refractivity contribution is -0.904. The van der Waals surface area contributed by atoms with Gasteiger partial charge in [-0.25, -0.2) is 0 Å². The number of hydrogen-bond donors (Lipinski definition) is 4. The molecule has 0 aromatic rings. The molecule has 0 fully saturated rings. The van der Waals surface area contributed by atoms with Gasteiger partial charge < -0.3 is 34.0 Å². The SMILES string of the molecule is CCCCCCCCCCC/C=C\CCCCC(=O)OC[C@@H](O)COP(=O)(O)C(CCC)[N+](C)(C)CCC(O)O. The molecule has 3 atom stereocenters. The zero-order chi connectivity index (χ0) is 30.3. The molecule has 0 rings (SSSR count). The van der Waals surface area contributed by atoms with E-state index in [1.807, 2.05) is 6.92 Å². The maximum absolute atomic E-state index is 13.0. The van der Waals surface area contributed by atoms with Crippen molar-refractivity contribution < 1.29 is 43.3 Å². The number of nitrogens with zero attached hydrogens (tertiary/aromatic N) is 1. The predicted octanol–water partition coefficient (Wildman–Crippen LogP) is 6.03. The van der Waals surface area contributed by atoms with Gasteiger partial charge in [-0.1, -0.05) is 77.4 Å². The van der Waals surface area contributed by atoms with Gasteiger partial charge in [-0.15, -0.1) is 0 Å². The lowest BCUT2D eigenvalue weighted by Crippen LogP contribution is -2.50. The Morgan fingerprint density at radius 3 is 1.90 bits per heavy atom. The van der Waals surface area contributed by atoms with Crippen molar-refractivity contribution in [2.45, 2.75) is 141 Å². The smallest absolute Gasteiger partial charge is 0.385 e. The van der Waals surface area contributed by atoms with Gasteiger partial charge in [0, 0.05) is 19.3 Å². The van der Waals surface area contributed by atoms with E-state index < -0.39 is 38.3 Å². The third-order valence-corrected chi connectivity index (χ3v) is 9.38. The summed E-state index contributed by atoms with van der Waals surface area (Å²) in [6.45, 7) is 3.67. The molecule has 9 nitrogen and oxygen atoms in total. The van der Waals surface area contributed by atoms with Crippen LogP contribution in [-0.4, -0.2) is 82.7 Å². The minimum absolute atomic E-state index is 0.0570. The van der Waals surface area contributed by atoms with Crippen LogP contribution < -0.4 is 0 Å². The minimum atomic E-state index is -4.15. The van der Waals surface area contributed by atoms with Crippen LogP contribution in [0, 0.1) is 0 Å². The minimum Gasteiger partial charge on any atom is -0.463 e. The summed E-state index contributed by atoms with van der Waals surface area (Å²) in [6.07, 6.45) is 18.7. The Morgan fingerprint density at radius 1 is 0.800 bits per heavy atom. The van der Waals surface area contributed by atoms with E-state index in [0.29, 0.717) is 19.3 Å². The van der Waals surface area contributed by atoms with Crippen LogP contribution in [0.5, 0.6) is 0 Å². The van der Waals surface area contributed by atoms with Crippen LogP contribution in [0.1, 0.15) is 123 Å². The first-order chi connectivity index (χ1) is 19.0. The summed E-state index contributed by atoms with van der Waals surface area (Å²) >= 11 is 0. The van der Waals surface area contributed by atoms with Crippen LogP contribution in [0.3, 0.4) is 0 Å². The van der Waals surface area contributed by atoms with Crippen LogP contribution in [-0.2, 0) is 18.6 Å². The molecule has 0 bridgehead atoms. The third kappa shape index (κ3) is 21.0. The summed E-state index contributed by atoms with van der Waals surface area (Å²) in [5.41, 5.74) is 0. The second-order valence-corrected chi connectivity index (χ2v) is 13.6. The Morgan fingerprint density at radius 2 is 1.35 bits per heavy atom.